The molecule has 1 heterocycles. The van der Waals surface area contributed by atoms with Gasteiger partial charge in [-0.05, 0) is 34.4 Å². The number of furan rings is 1. The summed E-state index contributed by atoms with van der Waals surface area (Å²) in [7, 11) is 0. The third-order valence-corrected chi connectivity index (χ3v) is 5.32. The summed E-state index contributed by atoms with van der Waals surface area (Å²) in [6.07, 6.45) is 1.61. The number of esters is 1. The maximum Gasteiger partial charge on any atom is 0.321 e. The van der Waals surface area contributed by atoms with E-state index in [1.165, 1.54) is 6.26 Å². The molecule has 1 aliphatic rings. The highest BCUT2D eigenvalue weighted by Crippen LogP contribution is 2.44. The SMILES string of the molecule is NC(Cc1ccco1)C(C(=O)O)C(=O)OCC1c2ccccc2-c2ccccc21. The molecule has 0 fully saturated rings. The minimum absolute atomic E-state index is 0.0596. The summed E-state index contributed by atoms with van der Waals surface area (Å²) < 4.78 is 10.7. The van der Waals surface area contributed by atoms with E-state index in [0.717, 1.165) is 22.3 Å². The van der Waals surface area contributed by atoms with E-state index in [4.69, 9.17) is 14.9 Å². The van der Waals surface area contributed by atoms with Crippen LogP contribution in [0, 0.1) is 5.92 Å². The number of carbonyl (C=O) groups is 2. The molecule has 148 valence electrons. The molecule has 0 saturated heterocycles. The van der Waals surface area contributed by atoms with E-state index in [1.807, 2.05) is 48.5 Å². The summed E-state index contributed by atoms with van der Waals surface area (Å²) in [6, 6.07) is 18.3. The zero-order chi connectivity index (χ0) is 20.4. The molecule has 6 heteroatoms. The van der Waals surface area contributed by atoms with Crippen LogP contribution >= 0.6 is 0 Å². The number of carboxylic acid groups (broad SMARTS) is 1. The zero-order valence-electron chi connectivity index (χ0n) is 15.7. The fraction of sp³-hybridized carbons (Fsp3) is 0.217. The molecule has 3 N–H and O–H groups in total. The molecule has 6 nitrogen and oxygen atoms in total. The lowest BCUT2D eigenvalue weighted by molar-refractivity contribution is -0.159. The average molecular weight is 391 g/mol. The number of ether oxygens (including phenoxy) is 1. The lowest BCUT2D eigenvalue weighted by atomic mass is 9.96. The molecule has 29 heavy (non-hydrogen) atoms. The van der Waals surface area contributed by atoms with Crippen LogP contribution < -0.4 is 5.73 Å². The summed E-state index contributed by atoms with van der Waals surface area (Å²) in [5, 5.41) is 9.54. The smallest absolute Gasteiger partial charge is 0.321 e. The average Bonchev–Trinajstić information content (AvgIpc) is 3.32. The molecule has 0 saturated carbocycles. The molecular formula is C23H21NO5. The fourth-order valence-electron chi connectivity index (χ4n) is 3.93. The lowest BCUT2D eigenvalue weighted by Gasteiger charge is -2.20. The van der Waals surface area contributed by atoms with Crippen LogP contribution in [0.15, 0.2) is 71.3 Å². The van der Waals surface area contributed by atoms with Crippen LogP contribution in [0.1, 0.15) is 22.8 Å². The first-order chi connectivity index (χ1) is 14.1. The second-order valence-corrected chi connectivity index (χ2v) is 7.12. The van der Waals surface area contributed by atoms with Gasteiger partial charge in [0, 0.05) is 18.4 Å². The summed E-state index contributed by atoms with van der Waals surface area (Å²) >= 11 is 0. The highest BCUT2D eigenvalue weighted by molar-refractivity contribution is 5.95. The monoisotopic (exact) mass is 391 g/mol. The van der Waals surface area contributed by atoms with Crippen molar-refractivity contribution in [1.82, 2.24) is 0 Å². The maximum absolute atomic E-state index is 12.6. The molecule has 2 atom stereocenters. The number of nitrogens with two attached hydrogens (primary N) is 1. The van der Waals surface area contributed by atoms with Crippen LogP contribution in [-0.2, 0) is 20.7 Å². The van der Waals surface area contributed by atoms with Crippen molar-refractivity contribution in [1.29, 1.82) is 0 Å². The van der Waals surface area contributed by atoms with E-state index in [9.17, 15) is 14.7 Å². The molecule has 2 aromatic carbocycles. The largest absolute Gasteiger partial charge is 0.481 e. The van der Waals surface area contributed by atoms with Crippen molar-refractivity contribution in [3.63, 3.8) is 0 Å². The molecular weight excluding hydrogens is 370 g/mol. The molecule has 0 aliphatic heterocycles. The fourth-order valence-corrected chi connectivity index (χ4v) is 3.93. The van der Waals surface area contributed by atoms with Crippen LogP contribution in [0.2, 0.25) is 0 Å². The van der Waals surface area contributed by atoms with Gasteiger partial charge >= 0.3 is 11.9 Å². The maximum atomic E-state index is 12.6. The topological polar surface area (TPSA) is 103 Å². The first-order valence-electron chi connectivity index (χ1n) is 9.42. The van der Waals surface area contributed by atoms with Crippen LogP contribution in [0.5, 0.6) is 0 Å². The Morgan fingerprint density at radius 1 is 1.00 bits per heavy atom. The Morgan fingerprint density at radius 2 is 1.62 bits per heavy atom. The Labute approximate surface area is 167 Å². The predicted octanol–water partition coefficient (Wildman–Crippen LogP) is 3.21. The summed E-state index contributed by atoms with van der Waals surface area (Å²) in [5.74, 6) is -3.22. The van der Waals surface area contributed by atoms with Crippen molar-refractivity contribution >= 4 is 11.9 Å². The van der Waals surface area contributed by atoms with Gasteiger partial charge in [-0.2, -0.15) is 0 Å². The molecule has 4 rings (SSSR count). The van der Waals surface area contributed by atoms with E-state index < -0.39 is 23.9 Å². The van der Waals surface area contributed by atoms with Crippen molar-refractivity contribution in [2.75, 3.05) is 6.61 Å². The van der Waals surface area contributed by atoms with E-state index in [0.29, 0.717) is 5.76 Å². The van der Waals surface area contributed by atoms with Crippen molar-refractivity contribution in [2.24, 2.45) is 11.7 Å². The minimum Gasteiger partial charge on any atom is -0.481 e. The second-order valence-electron chi connectivity index (χ2n) is 7.12. The molecule has 0 amide bonds. The van der Waals surface area contributed by atoms with Crippen LogP contribution in [0.3, 0.4) is 0 Å². The quantitative estimate of drug-likeness (QED) is 0.474. The van der Waals surface area contributed by atoms with E-state index in [1.54, 1.807) is 12.1 Å². The van der Waals surface area contributed by atoms with E-state index in [2.05, 4.69) is 0 Å². The number of carboxylic acids is 1. The van der Waals surface area contributed by atoms with E-state index >= 15 is 0 Å². The Bertz CT molecular complexity index is 982. The van der Waals surface area contributed by atoms with Gasteiger partial charge in [0.15, 0.2) is 5.92 Å². The third-order valence-electron chi connectivity index (χ3n) is 5.32. The van der Waals surface area contributed by atoms with Crippen LogP contribution in [0.4, 0.5) is 0 Å². The normalized spacial score (nSPS) is 14.7. The highest BCUT2D eigenvalue weighted by Gasteiger charge is 2.36. The van der Waals surface area contributed by atoms with Gasteiger partial charge in [-0.15, -0.1) is 0 Å². The molecule has 3 aromatic rings. The van der Waals surface area contributed by atoms with Gasteiger partial charge in [-0.25, -0.2) is 0 Å². The first kappa shape index (κ1) is 19.0. The molecule has 0 bridgehead atoms. The molecule has 2 unspecified atom stereocenters. The number of hydrogen-bond donors (Lipinski definition) is 2. The number of carbonyl (C=O) groups excluding carboxylic acids is 1. The summed E-state index contributed by atoms with van der Waals surface area (Å²) in [6.45, 7) is 0.0596. The Kier molecular flexibility index (Phi) is 5.18. The van der Waals surface area contributed by atoms with Crippen molar-refractivity contribution < 1.29 is 23.8 Å². The van der Waals surface area contributed by atoms with Crippen molar-refractivity contribution in [2.45, 2.75) is 18.4 Å². The standard InChI is InChI=1S/C23H21NO5/c24-20(12-14-6-5-11-28-14)21(22(25)26)23(27)29-13-19-17-9-3-1-7-15(17)16-8-2-4-10-18(16)19/h1-11,19-21H,12-13,24H2,(H,25,26). The number of aliphatic carboxylic acids is 1. The third kappa shape index (κ3) is 3.67. The van der Waals surface area contributed by atoms with Gasteiger partial charge in [-0.3, -0.25) is 9.59 Å². The van der Waals surface area contributed by atoms with Crippen molar-refractivity contribution in [3.05, 3.63) is 83.8 Å². The van der Waals surface area contributed by atoms with Gasteiger partial charge in [0.2, 0.25) is 0 Å². The van der Waals surface area contributed by atoms with Gasteiger partial charge in [0.1, 0.15) is 12.4 Å². The Balaban J connectivity index is 1.50. The number of rotatable bonds is 7. The zero-order valence-corrected chi connectivity index (χ0v) is 15.7. The Morgan fingerprint density at radius 3 is 2.17 bits per heavy atom. The van der Waals surface area contributed by atoms with Gasteiger partial charge in [-0.1, -0.05) is 48.5 Å². The van der Waals surface area contributed by atoms with Crippen molar-refractivity contribution in [3.8, 4) is 11.1 Å². The number of fused-ring (bicyclic) bond motifs is 3. The highest BCUT2D eigenvalue weighted by atomic mass is 16.5. The van der Waals surface area contributed by atoms with Gasteiger partial charge < -0.3 is 20.0 Å². The molecule has 1 aromatic heterocycles. The molecule has 1 aliphatic carbocycles. The minimum atomic E-state index is -1.47. The summed E-state index contributed by atoms with van der Waals surface area (Å²) in [4.78, 5) is 24.3. The summed E-state index contributed by atoms with van der Waals surface area (Å²) in [5.41, 5.74) is 10.3. The van der Waals surface area contributed by atoms with Gasteiger partial charge in [0.05, 0.1) is 6.26 Å². The van der Waals surface area contributed by atoms with Crippen LogP contribution in [-0.4, -0.2) is 29.7 Å². The van der Waals surface area contributed by atoms with E-state index in [-0.39, 0.29) is 18.9 Å². The predicted molar refractivity (Wildman–Crippen MR) is 106 cm³/mol. The van der Waals surface area contributed by atoms with Gasteiger partial charge in [0.25, 0.3) is 0 Å². The number of hydrogen-bond acceptors (Lipinski definition) is 5. The second kappa shape index (κ2) is 7.93. The first-order valence-corrected chi connectivity index (χ1v) is 9.42. The molecule has 0 radical (unpaired) electrons. The lowest BCUT2D eigenvalue weighted by Crippen LogP contribution is -2.43. The van der Waals surface area contributed by atoms with Crippen LogP contribution in [0.25, 0.3) is 11.1 Å². The number of benzene rings is 2. The molecule has 0 spiro atoms. The Hall–Kier alpha value is -3.38.